The van der Waals surface area contributed by atoms with Crippen LogP contribution in [0.25, 0.3) is 11.1 Å². The van der Waals surface area contributed by atoms with Crippen LogP contribution in [-0.4, -0.2) is 45.6 Å². The molecule has 5 rings (SSSR count). The zero-order valence-corrected chi connectivity index (χ0v) is 20.8. The number of carbonyl (C=O) groups excluding carboxylic acids is 2. The van der Waals surface area contributed by atoms with Gasteiger partial charge in [0.25, 0.3) is 0 Å². The van der Waals surface area contributed by atoms with Crippen LogP contribution in [0.5, 0.6) is 0 Å². The first-order chi connectivity index (χ1) is 16.1. The molecule has 180 valence electrons. The van der Waals surface area contributed by atoms with E-state index in [0.29, 0.717) is 13.1 Å². The molecule has 0 bridgehead atoms. The number of amides is 2. The number of benzene rings is 2. The second-order valence-corrected chi connectivity index (χ2v) is 11.7. The van der Waals surface area contributed by atoms with Crippen molar-refractivity contribution in [3.63, 3.8) is 0 Å². The van der Waals surface area contributed by atoms with Gasteiger partial charge >= 0.3 is 0 Å². The predicted molar refractivity (Wildman–Crippen MR) is 135 cm³/mol. The molecule has 0 saturated heterocycles. The van der Waals surface area contributed by atoms with E-state index in [-0.39, 0.29) is 23.8 Å². The van der Waals surface area contributed by atoms with Crippen LogP contribution >= 0.6 is 0 Å². The number of nitrogens with zero attached hydrogens (tertiary/aromatic N) is 3. The maximum atomic E-state index is 13.3. The summed E-state index contributed by atoms with van der Waals surface area (Å²) in [6.07, 6.45) is 5.79. The van der Waals surface area contributed by atoms with Crippen molar-refractivity contribution in [3.05, 3.63) is 42.0 Å². The third-order valence-corrected chi connectivity index (χ3v) is 8.54. The largest absolute Gasteiger partial charge is 0.308 e. The highest BCUT2D eigenvalue weighted by molar-refractivity contribution is 7.92. The van der Waals surface area contributed by atoms with Crippen LogP contribution < -0.4 is 14.1 Å². The number of aryl methyl sites for hydroxylation is 1. The molecule has 0 aromatic heterocycles. The van der Waals surface area contributed by atoms with Crippen molar-refractivity contribution < 1.29 is 18.0 Å². The highest BCUT2D eigenvalue weighted by Gasteiger charge is 2.38. The number of anilines is 3. The molecule has 8 heteroatoms. The first-order valence-electron chi connectivity index (χ1n) is 12.0. The molecular weight excluding hydrogens is 450 g/mol. The van der Waals surface area contributed by atoms with Gasteiger partial charge in [-0.3, -0.25) is 13.9 Å². The molecule has 0 N–H and O–H groups in total. The van der Waals surface area contributed by atoms with E-state index in [1.807, 2.05) is 42.2 Å². The minimum Gasteiger partial charge on any atom is -0.308 e. The Bertz CT molecular complexity index is 1270. The van der Waals surface area contributed by atoms with Gasteiger partial charge in [0.15, 0.2) is 0 Å². The highest BCUT2D eigenvalue weighted by Crippen LogP contribution is 2.42. The fourth-order valence-corrected chi connectivity index (χ4v) is 6.45. The molecule has 2 heterocycles. The Kier molecular flexibility index (Phi) is 5.67. The molecule has 0 unspecified atom stereocenters. The molecule has 7 nitrogen and oxygen atoms in total. The van der Waals surface area contributed by atoms with E-state index in [2.05, 4.69) is 6.07 Å². The third-order valence-electron chi connectivity index (χ3n) is 7.36. The Hall–Kier alpha value is -2.87. The molecule has 3 aliphatic rings. The van der Waals surface area contributed by atoms with Crippen LogP contribution in [0.2, 0.25) is 0 Å². The summed E-state index contributed by atoms with van der Waals surface area (Å²) in [4.78, 5) is 29.4. The summed E-state index contributed by atoms with van der Waals surface area (Å²) in [6.45, 7) is 4.53. The fourth-order valence-electron chi connectivity index (χ4n) is 5.46. The van der Waals surface area contributed by atoms with E-state index in [4.69, 9.17) is 0 Å². The Labute approximate surface area is 201 Å². The number of sulfonamides is 1. The Morgan fingerprint density at radius 2 is 1.62 bits per heavy atom. The molecule has 2 aromatic carbocycles. The second-order valence-electron chi connectivity index (χ2n) is 9.80. The van der Waals surface area contributed by atoms with E-state index < -0.39 is 10.0 Å². The third kappa shape index (κ3) is 3.87. The SMILES string of the molecule is CC(=O)N1c2ccc(-c3ccc4c(c3)CCCN4S(C)(=O)=O)cc2N(C(=O)C2CCC2)C[C@@H]1C. The number of fused-ring (bicyclic) bond motifs is 2. The van der Waals surface area contributed by atoms with Crippen LogP contribution in [0, 0.1) is 5.92 Å². The van der Waals surface area contributed by atoms with Gasteiger partial charge < -0.3 is 9.80 Å². The molecule has 1 saturated carbocycles. The van der Waals surface area contributed by atoms with Crippen molar-refractivity contribution >= 4 is 38.9 Å². The minimum absolute atomic E-state index is 0.0353. The molecule has 34 heavy (non-hydrogen) atoms. The lowest BCUT2D eigenvalue weighted by atomic mass is 9.84. The van der Waals surface area contributed by atoms with Crippen molar-refractivity contribution in [1.29, 1.82) is 0 Å². The second kappa shape index (κ2) is 8.41. The lowest BCUT2D eigenvalue weighted by Crippen LogP contribution is -2.53. The van der Waals surface area contributed by atoms with Crippen LogP contribution in [0.15, 0.2) is 36.4 Å². The summed E-state index contributed by atoms with van der Waals surface area (Å²) in [5.74, 6) is 0.180. The lowest BCUT2D eigenvalue weighted by molar-refractivity contribution is -0.125. The fraction of sp³-hybridized carbons (Fsp3) is 0.462. The number of hydrogen-bond acceptors (Lipinski definition) is 4. The summed E-state index contributed by atoms with van der Waals surface area (Å²) >= 11 is 0. The zero-order valence-electron chi connectivity index (χ0n) is 20.0. The van der Waals surface area contributed by atoms with Crippen molar-refractivity contribution in [3.8, 4) is 11.1 Å². The normalized spacial score (nSPS) is 20.4. The molecular formula is C26H31N3O4S. The van der Waals surface area contributed by atoms with Crippen LogP contribution in [0.4, 0.5) is 17.1 Å². The average Bonchev–Trinajstić information content (AvgIpc) is 2.75. The van der Waals surface area contributed by atoms with Crippen LogP contribution in [-0.2, 0) is 26.0 Å². The van der Waals surface area contributed by atoms with Crippen molar-refractivity contribution in [2.75, 3.05) is 33.5 Å². The van der Waals surface area contributed by atoms with E-state index in [1.54, 1.807) is 11.8 Å². The Morgan fingerprint density at radius 3 is 2.24 bits per heavy atom. The summed E-state index contributed by atoms with van der Waals surface area (Å²) in [5, 5.41) is 0. The van der Waals surface area contributed by atoms with Crippen LogP contribution in [0.1, 0.15) is 45.1 Å². The molecule has 1 atom stereocenters. The minimum atomic E-state index is -3.32. The van der Waals surface area contributed by atoms with Gasteiger partial charge in [0.1, 0.15) is 0 Å². The van der Waals surface area contributed by atoms with Gasteiger partial charge in [0.2, 0.25) is 21.8 Å². The number of carbonyl (C=O) groups is 2. The average molecular weight is 482 g/mol. The van der Waals surface area contributed by atoms with E-state index in [0.717, 1.165) is 65.9 Å². The topological polar surface area (TPSA) is 78.0 Å². The quantitative estimate of drug-likeness (QED) is 0.665. The van der Waals surface area contributed by atoms with E-state index in [1.165, 1.54) is 10.6 Å². The predicted octanol–water partition coefficient (Wildman–Crippen LogP) is 3.95. The molecule has 2 aliphatic heterocycles. The number of hydrogen-bond donors (Lipinski definition) is 0. The van der Waals surface area contributed by atoms with Gasteiger partial charge in [0.05, 0.1) is 29.4 Å². The summed E-state index contributed by atoms with van der Waals surface area (Å²) in [7, 11) is -3.32. The van der Waals surface area contributed by atoms with Gasteiger partial charge in [-0.25, -0.2) is 8.42 Å². The van der Waals surface area contributed by atoms with Crippen LogP contribution in [0.3, 0.4) is 0 Å². The van der Waals surface area contributed by atoms with Crippen molar-refractivity contribution in [1.82, 2.24) is 0 Å². The van der Waals surface area contributed by atoms with Crippen molar-refractivity contribution in [2.45, 2.75) is 52.0 Å². The van der Waals surface area contributed by atoms with E-state index >= 15 is 0 Å². The summed E-state index contributed by atoms with van der Waals surface area (Å²) in [6, 6.07) is 11.7. The zero-order chi connectivity index (χ0) is 24.2. The van der Waals surface area contributed by atoms with Gasteiger partial charge in [-0.15, -0.1) is 0 Å². The highest BCUT2D eigenvalue weighted by atomic mass is 32.2. The number of rotatable bonds is 3. The molecule has 0 spiro atoms. The van der Waals surface area contributed by atoms with Crippen molar-refractivity contribution in [2.24, 2.45) is 5.92 Å². The Balaban J connectivity index is 1.57. The molecule has 1 fully saturated rings. The standard InChI is InChI=1S/C26H31N3O4S/c1-17-16-27(26(31)19-6-4-7-19)25-15-21(10-12-24(25)29(17)18(2)30)20-9-11-23-22(14-20)8-5-13-28(23)34(3,32)33/h9-12,14-15,17,19H,4-8,13,16H2,1-3H3/t17-/m0/s1. The lowest BCUT2D eigenvalue weighted by Gasteiger charge is -2.43. The van der Waals surface area contributed by atoms with Gasteiger partial charge in [-0.05, 0) is 73.6 Å². The molecule has 1 aliphatic carbocycles. The monoisotopic (exact) mass is 481 g/mol. The maximum absolute atomic E-state index is 13.3. The first-order valence-corrected chi connectivity index (χ1v) is 13.9. The Morgan fingerprint density at radius 1 is 0.941 bits per heavy atom. The van der Waals surface area contributed by atoms with Gasteiger partial charge in [-0.2, -0.15) is 0 Å². The van der Waals surface area contributed by atoms with Gasteiger partial charge in [0, 0.05) is 25.9 Å². The van der Waals surface area contributed by atoms with Gasteiger partial charge in [-0.1, -0.05) is 18.6 Å². The molecule has 2 aromatic rings. The molecule has 0 radical (unpaired) electrons. The summed E-state index contributed by atoms with van der Waals surface area (Å²) < 4.78 is 25.9. The molecule has 2 amide bonds. The maximum Gasteiger partial charge on any atom is 0.232 e. The first kappa shape index (κ1) is 22.9. The summed E-state index contributed by atoms with van der Waals surface area (Å²) in [5.41, 5.74) is 5.22. The van der Waals surface area contributed by atoms with E-state index in [9.17, 15) is 18.0 Å². The smallest absolute Gasteiger partial charge is 0.232 e.